The number of carbonyl (C=O) groups excluding carboxylic acids is 3. The zero-order valence-electron chi connectivity index (χ0n) is 16.4. The van der Waals surface area contributed by atoms with E-state index in [-0.39, 0.29) is 51.0 Å². The summed E-state index contributed by atoms with van der Waals surface area (Å²) < 4.78 is 0. The Hall–Kier alpha value is -1.21. The summed E-state index contributed by atoms with van der Waals surface area (Å²) in [7, 11) is 0. The fourth-order valence-electron chi connectivity index (χ4n) is 5.22. The van der Waals surface area contributed by atoms with Gasteiger partial charge in [-0.1, -0.05) is 56.0 Å². The van der Waals surface area contributed by atoms with Crippen molar-refractivity contribution in [3.05, 3.63) is 29.8 Å². The Morgan fingerprint density at radius 1 is 1.00 bits per heavy atom. The average molecular weight is 526 g/mol. The molecule has 0 spiro atoms. The van der Waals surface area contributed by atoms with Gasteiger partial charge < -0.3 is 5.32 Å². The second kappa shape index (κ2) is 8.50. The van der Waals surface area contributed by atoms with Gasteiger partial charge in [0, 0.05) is 28.3 Å². The molecular formula is C22H26Br2N2O3. The molecule has 1 heterocycles. The van der Waals surface area contributed by atoms with Crippen LogP contribution in [0.5, 0.6) is 0 Å². The van der Waals surface area contributed by atoms with E-state index in [0.717, 1.165) is 36.9 Å². The lowest BCUT2D eigenvalue weighted by Crippen LogP contribution is -2.37. The average Bonchev–Trinajstić information content (AvgIpc) is 3.29. The maximum atomic E-state index is 12.8. The Kier molecular flexibility index (Phi) is 6.17. The first kappa shape index (κ1) is 21.0. The summed E-state index contributed by atoms with van der Waals surface area (Å²) in [5, 5.41) is 2.90. The lowest BCUT2D eigenvalue weighted by atomic mass is 9.81. The normalized spacial score (nSPS) is 32.7. The maximum Gasteiger partial charge on any atom is 0.233 e. The third-order valence-electron chi connectivity index (χ3n) is 6.70. The molecule has 29 heavy (non-hydrogen) atoms. The van der Waals surface area contributed by atoms with E-state index in [1.165, 1.54) is 4.90 Å². The molecule has 1 saturated heterocycles. The third-order valence-corrected chi connectivity index (χ3v) is 9.91. The molecule has 3 aliphatic rings. The van der Waals surface area contributed by atoms with Crippen LogP contribution in [0.25, 0.3) is 0 Å². The quantitative estimate of drug-likeness (QED) is 0.328. The van der Waals surface area contributed by atoms with Crippen molar-refractivity contribution in [3.63, 3.8) is 0 Å². The summed E-state index contributed by atoms with van der Waals surface area (Å²) in [6.07, 6.45) is 3.73. The number of hydrogen-bond acceptors (Lipinski definition) is 3. The number of unbranched alkanes of at least 4 members (excludes halogenated alkanes) is 2. The molecule has 0 aromatic heterocycles. The number of halogens is 2. The minimum atomic E-state index is -0.133. The second-order valence-electron chi connectivity index (χ2n) is 8.56. The number of carbonyl (C=O) groups is 3. The highest BCUT2D eigenvalue weighted by atomic mass is 79.9. The summed E-state index contributed by atoms with van der Waals surface area (Å²) in [4.78, 5) is 39.8. The fraction of sp³-hybridized carbons (Fsp3) is 0.591. The summed E-state index contributed by atoms with van der Waals surface area (Å²) in [5.41, 5.74) is 1.97. The SMILES string of the molecule is Cc1ccc(NC(=O)CCCCCN2C(=O)[C@@H]3[C@H]4C[C@@H]([C@H](Br)[C@@H]4Br)[C@@H]3C2=O)cc1. The van der Waals surface area contributed by atoms with Crippen LogP contribution in [0, 0.1) is 30.6 Å². The van der Waals surface area contributed by atoms with Gasteiger partial charge in [-0.3, -0.25) is 19.3 Å². The van der Waals surface area contributed by atoms with Crippen molar-refractivity contribution in [1.29, 1.82) is 0 Å². The summed E-state index contributed by atoms with van der Waals surface area (Å²) >= 11 is 7.42. The van der Waals surface area contributed by atoms with Gasteiger partial charge >= 0.3 is 0 Å². The van der Waals surface area contributed by atoms with Gasteiger partial charge in [0.2, 0.25) is 17.7 Å². The van der Waals surface area contributed by atoms with Crippen molar-refractivity contribution in [3.8, 4) is 0 Å². The molecule has 2 saturated carbocycles. The molecule has 5 nitrogen and oxygen atoms in total. The van der Waals surface area contributed by atoms with Crippen molar-refractivity contribution in [2.75, 3.05) is 11.9 Å². The van der Waals surface area contributed by atoms with E-state index < -0.39 is 0 Å². The highest BCUT2D eigenvalue weighted by molar-refractivity contribution is 9.12. The molecule has 6 atom stereocenters. The van der Waals surface area contributed by atoms with Crippen LogP contribution in [0.1, 0.15) is 37.7 Å². The van der Waals surface area contributed by atoms with Crippen LogP contribution in [-0.2, 0) is 14.4 Å². The van der Waals surface area contributed by atoms with E-state index in [0.29, 0.717) is 13.0 Å². The number of amides is 3. The Bertz CT molecular complexity index is 781. The van der Waals surface area contributed by atoms with Gasteiger partial charge in [-0.2, -0.15) is 0 Å². The van der Waals surface area contributed by atoms with Crippen molar-refractivity contribution >= 4 is 55.3 Å². The predicted molar refractivity (Wildman–Crippen MR) is 119 cm³/mol. The maximum absolute atomic E-state index is 12.8. The zero-order valence-corrected chi connectivity index (χ0v) is 19.6. The minimum Gasteiger partial charge on any atom is -0.326 e. The molecule has 1 N–H and O–H groups in total. The van der Waals surface area contributed by atoms with Gasteiger partial charge in [0.05, 0.1) is 11.8 Å². The molecule has 3 amide bonds. The zero-order chi connectivity index (χ0) is 20.7. The lowest BCUT2D eigenvalue weighted by molar-refractivity contribution is -0.140. The van der Waals surface area contributed by atoms with Crippen molar-refractivity contribution < 1.29 is 14.4 Å². The van der Waals surface area contributed by atoms with E-state index in [1.807, 2.05) is 31.2 Å². The van der Waals surface area contributed by atoms with Gasteiger partial charge in [0.15, 0.2) is 0 Å². The van der Waals surface area contributed by atoms with Crippen molar-refractivity contribution in [1.82, 2.24) is 4.90 Å². The smallest absolute Gasteiger partial charge is 0.233 e. The summed E-state index contributed by atoms with van der Waals surface area (Å²) in [5.74, 6) is 0.307. The number of fused-ring (bicyclic) bond motifs is 5. The fourth-order valence-corrected chi connectivity index (χ4v) is 7.10. The number of nitrogens with zero attached hydrogens (tertiary/aromatic N) is 1. The number of benzene rings is 1. The number of hydrogen-bond donors (Lipinski definition) is 1. The van der Waals surface area contributed by atoms with E-state index in [9.17, 15) is 14.4 Å². The van der Waals surface area contributed by atoms with Crippen LogP contribution in [0.4, 0.5) is 5.69 Å². The van der Waals surface area contributed by atoms with Crippen LogP contribution >= 0.6 is 31.9 Å². The number of anilines is 1. The second-order valence-corrected chi connectivity index (χ2v) is 10.7. The molecule has 4 rings (SSSR count). The van der Waals surface area contributed by atoms with Gasteiger partial charge in [0.25, 0.3) is 0 Å². The Labute approximate surface area is 188 Å². The highest BCUT2D eigenvalue weighted by Crippen LogP contribution is 2.60. The molecule has 1 aromatic rings. The molecule has 1 aliphatic heterocycles. The predicted octanol–water partition coefficient (Wildman–Crippen LogP) is 4.27. The van der Waals surface area contributed by atoms with E-state index in [4.69, 9.17) is 0 Å². The van der Waals surface area contributed by atoms with Crippen molar-refractivity contribution in [2.24, 2.45) is 23.7 Å². The molecule has 2 aliphatic carbocycles. The van der Waals surface area contributed by atoms with E-state index in [2.05, 4.69) is 37.2 Å². The van der Waals surface area contributed by atoms with Crippen molar-refractivity contribution in [2.45, 2.75) is 48.7 Å². The minimum absolute atomic E-state index is 0.0000100. The van der Waals surface area contributed by atoms with Gasteiger partial charge in [-0.05, 0) is 50.2 Å². The Balaban J connectivity index is 1.20. The molecule has 156 valence electrons. The number of aryl methyl sites for hydroxylation is 1. The largest absolute Gasteiger partial charge is 0.326 e. The summed E-state index contributed by atoms with van der Waals surface area (Å²) in [6, 6.07) is 7.74. The van der Waals surface area contributed by atoms with Crippen LogP contribution in [0.2, 0.25) is 0 Å². The topological polar surface area (TPSA) is 66.5 Å². The number of alkyl halides is 2. The summed E-state index contributed by atoms with van der Waals surface area (Å²) in [6.45, 7) is 2.49. The Morgan fingerprint density at radius 3 is 2.17 bits per heavy atom. The number of rotatable bonds is 7. The van der Waals surface area contributed by atoms with E-state index in [1.54, 1.807) is 0 Å². The molecule has 1 aromatic carbocycles. The first-order valence-electron chi connectivity index (χ1n) is 10.4. The molecular weight excluding hydrogens is 500 g/mol. The molecule has 7 heteroatoms. The van der Waals surface area contributed by atoms with Gasteiger partial charge in [-0.25, -0.2) is 0 Å². The molecule has 0 unspecified atom stereocenters. The first-order chi connectivity index (χ1) is 13.9. The Morgan fingerprint density at radius 2 is 1.59 bits per heavy atom. The molecule has 0 radical (unpaired) electrons. The van der Waals surface area contributed by atoms with Crippen LogP contribution in [0.15, 0.2) is 24.3 Å². The van der Waals surface area contributed by atoms with Gasteiger partial charge in [0.1, 0.15) is 0 Å². The third kappa shape index (κ3) is 3.92. The number of likely N-dealkylation sites (tertiary alicyclic amines) is 1. The lowest BCUT2D eigenvalue weighted by Gasteiger charge is -2.28. The van der Waals surface area contributed by atoms with Crippen LogP contribution in [-0.4, -0.2) is 38.8 Å². The van der Waals surface area contributed by atoms with E-state index >= 15 is 0 Å². The number of imide groups is 1. The molecule has 3 fully saturated rings. The van der Waals surface area contributed by atoms with Gasteiger partial charge in [-0.15, -0.1) is 0 Å². The van der Waals surface area contributed by atoms with Crippen LogP contribution in [0.3, 0.4) is 0 Å². The monoisotopic (exact) mass is 524 g/mol. The standard InChI is InChI=1S/C22H26Br2N2O3/c1-12-6-8-13(9-7-12)25-16(27)5-3-2-4-10-26-21(28)17-14-11-15(18(17)22(26)29)20(24)19(14)23/h6-9,14-15,17-20H,2-5,10-11H2,1H3,(H,25,27)/t14-,15-,17-,18+,19-,20+/m1/s1. The van der Waals surface area contributed by atoms with Crippen LogP contribution < -0.4 is 5.32 Å². The number of nitrogens with one attached hydrogen (secondary N) is 1. The molecule has 2 bridgehead atoms. The first-order valence-corrected chi connectivity index (χ1v) is 12.2. The highest BCUT2D eigenvalue weighted by Gasteiger charge is 2.66.